The van der Waals surface area contributed by atoms with Crippen molar-refractivity contribution in [1.29, 1.82) is 0 Å². The average molecular weight is 374 g/mol. The number of aromatic nitrogens is 1. The fraction of sp³-hybridized carbons (Fsp3) is 0.0800. The molecule has 2 aliphatic heterocycles. The molecule has 1 aromatic heterocycles. The third-order valence-electron chi connectivity index (χ3n) is 6.17. The first-order chi connectivity index (χ1) is 14.3. The van der Waals surface area contributed by atoms with Crippen molar-refractivity contribution in [3.8, 4) is 11.1 Å². The van der Waals surface area contributed by atoms with Crippen molar-refractivity contribution >= 4 is 35.3 Å². The quantitative estimate of drug-likeness (QED) is 0.359. The van der Waals surface area contributed by atoms with Gasteiger partial charge in [-0.15, -0.1) is 0 Å². The van der Waals surface area contributed by atoms with Gasteiger partial charge in [0.25, 0.3) is 5.82 Å². The summed E-state index contributed by atoms with van der Waals surface area (Å²) in [6.45, 7) is 2.29. The lowest BCUT2D eigenvalue weighted by Gasteiger charge is -2.32. The summed E-state index contributed by atoms with van der Waals surface area (Å²) in [4.78, 5) is 5.00. The Morgan fingerprint density at radius 1 is 0.655 bits per heavy atom. The number of aryl methyl sites for hydroxylation is 2. The number of rotatable bonds is 1. The Morgan fingerprint density at radius 2 is 1.31 bits per heavy atom. The van der Waals surface area contributed by atoms with Gasteiger partial charge in [-0.25, -0.2) is 4.57 Å². The molecule has 4 aromatic rings. The van der Waals surface area contributed by atoms with E-state index < -0.39 is 0 Å². The molecule has 0 bridgehead atoms. The van der Waals surface area contributed by atoms with Crippen LogP contribution < -0.4 is 19.7 Å². The van der Waals surface area contributed by atoms with Gasteiger partial charge in [0.2, 0.25) is 0 Å². The fourth-order valence-electron chi connectivity index (χ4n) is 4.93. The number of nitrogens with zero attached hydrogens (tertiary/aromatic N) is 3. The molecule has 0 fully saturated rings. The molecule has 0 N–H and O–H groups in total. The van der Waals surface area contributed by atoms with E-state index in [4.69, 9.17) is 0 Å². The van der Waals surface area contributed by atoms with E-state index in [1.165, 1.54) is 45.0 Å². The minimum Gasteiger partial charge on any atom is -0.332 e. The van der Waals surface area contributed by atoms with Gasteiger partial charge >= 0.3 is 6.98 Å². The molecular weight excluding hydrogens is 353 g/mol. The van der Waals surface area contributed by atoms with Gasteiger partial charge in [0.05, 0.1) is 13.2 Å². The minimum absolute atomic E-state index is 0.0887. The molecule has 29 heavy (non-hydrogen) atoms. The van der Waals surface area contributed by atoms with Crippen LogP contribution in [-0.2, 0) is 7.05 Å². The van der Waals surface area contributed by atoms with Crippen molar-refractivity contribution in [2.24, 2.45) is 7.05 Å². The molecule has 0 saturated carbocycles. The van der Waals surface area contributed by atoms with Gasteiger partial charge in [-0.05, 0) is 42.3 Å². The fourth-order valence-corrected chi connectivity index (χ4v) is 4.93. The highest BCUT2D eigenvalue weighted by atomic mass is 15.4. The number of hydrogen-bond acceptors (Lipinski definition) is 2. The summed E-state index contributed by atoms with van der Waals surface area (Å²) in [5.74, 6) is 1.22. The summed E-state index contributed by atoms with van der Waals surface area (Å²) in [6, 6.07) is 30.7. The van der Waals surface area contributed by atoms with Crippen LogP contribution >= 0.6 is 0 Å². The van der Waals surface area contributed by atoms with Crippen LogP contribution in [-0.4, -0.2) is 6.98 Å². The van der Waals surface area contributed by atoms with E-state index in [0.717, 1.165) is 0 Å². The van der Waals surface area contributed by atoms with Crippen LogP contribution in [0.3, 0.4) is 0 Å². The first-order valence-electron chi connectivity index (χ1n) is 10.1. The standard InChI is InChI=1S/C25H21BN3/c1-18-10-3-7-14-22(18)29-25-24(16-9-17-27(25)2)28-23-15-8-5-12-20(23)19-11-4-6-13-21(19)26(28)29/h3-17H,1-2H3/q+1. The summed E-state index contributed by atoms with van der Waals surface area (Å²) in [5, 5.41) is 0. The molecule has 0 radical (unpaired) electrons. The SMILES string of the molecule is Cc1ccccc1N1B2c3ccccc3-c3ccccc3N2c2ccc[n+](C)c21. The van der Waals surface area contributed by atoms with Crippen molar-refractivity contribution in [2.75, 3.05) is 9.62 Å². The van der Waals surface area contributed by atoms with Crippen LogP contribution in [0.2, 0.25) is 0 Å². The lowest BCUT2D eigenvalue weighted by atomic mass is 9.59. The highest BCUT2D eigenvalue weighted by molar-refractivity contribution is 6.86. The third kappa shape index (κ3) is 2.17. The van der Waals surface area contributed by atoms with Crippen LogP contribution in [0.5, 0.6) is 0 Å². The van der Waals surface area contributed by atoms with E-state index in [0.29, 0.717) is 0 Å². The number of fused-ring (bicyclic) bond motifs is 8. The van der Waals surface area contributed by atoms with Crippen molar-refractivity contribution < 1.29 is 4.57 Å². The van der Waals surface area contributed by atoms with Gasteiger partial charge in [-0.2, -0.15) is 0 Å². The number of hydrogen-bond donors (Lipinski definition) is 0. The number of benzene rings is 3. The smallest absolute Gasteiger partial charge is 0.332 e. The van der Waals surface area contributed by atoms with Crippen LogP contribution in [0.1, 0.15) is 5.56 Å². The molecule has 4 heteroatoms. The minimum atomic E-state index is 0.0887. The van der Waals surface area contributed by atoms with Gasteiger partial charge in [0.15, 0.2) is 0 Å². The third-order valence-corrected chi connectivity index (χ3v) is 6.17. The van der Waals surface area contributed by atoms with Crippen LogP contribution in [0.25, 0.3) is 11.1 Å². The summed E-state index contributed by atoms with van der Waals surface area (Å²) in [6.07, 6.45) is 2.14. The average Bonchev–Trinajstić information content (AvgIpc) is 3.11. The second kappa shape index (κ2) is 5.98. The van der Waals surface area contributed by atoms with Crippen molar-refractivity contribution in [3.05, 3.63) is 96.7 Å². The first kappa shape index (κ1) is 16.4. The van der Waals surface area contributed by atoms with E-state index >= 15 is 0 Å². The van der Waals surface area contributed by atoms with Crippen LogP contribution in [0, 0.1) is 6.92 Å². The maximum absolute atomic E-state index is 2.50. The predicted molar refractivity (Wildman–Crippen MR) is 120 cm³/mol. The van der Waals surface area contributed by atoms with Crippen molar-refractivity contribution in [1.82, 2.24) is 0 Å². The van der Waals surface area contributed by atoms with E-state index in [9.17, 15) is 0 Å². The molecule has 0 unspecified atom stereocenters. The molecular formula is C25H21BN3+. The van der Waals surface area contributed by atoms with E-state index in [1.807, 2.05) is 0 Å². The zero-order valence-electron chi connectivity index (χ0n) is 16.6. The van der Waals surface area contributed by atoms with E-state index in [-0.39, 0.29) is 6.98 Å². The summed E-state index contributed by atoms with van der Waals surface area (Å²) < 4.78 is 2.24. The zero-order chi connectivity index (χ0) is 19.5. The topological polar surface area (TPSA) is 10.4 Å². The molecule has 0 saturated heterocycles. The largest absolute Gasteiger partial charge is 0.543 e. The molecule has 3 heterocycles. The zero-order valence-corrected chi connectivity index (χ0v) is 16.6. The number of anilines is 4. The van der Waals surface area contributed by atoms with Crippen LogP contribution in [0.4, 0.5) is 22.9 Å². The monoisotopic (exact) mass is 374 g/mol. The lowest BCUT2D eigenvalue weighted by molar-refractivity contribution is -0.657. The first-order valence-corrected chi connectivity index (χ1v) is 10.1. The molecule has 2 aliphatic rings. The van der Waals surface area contributed by atoms with Crippen molar-refractivity contribution in [3.63, 3.8) is 0 Å². The summed E-state index contributed by atoms with van der Waals surface area (Å²) in [7, 11) is 2.14. The molecule has 0 amide bonds. The Kier molecular flexibility index (Phi) is 3.39. The number of pyridine rings is 1. The van der Waals surface area contributed by atoms with Gasteiger partial charge in [0, 0.05) is 16.7 Å². The van der Waals surface area contributed by atoms with Gasteiger partial charge < -0.3 is 4.81 Å². The Morgan fingerprint density at radius 3 is 2.14 bits per heavy atom. The lowest BCUT2D eigenvalue weighted by Crippen LogP contribution is -2.56. The Balaban J connectivity index is 1.73. The molecule has 0 aliphatic carbocycles. The second-order valence-electron chi connectivity index (χ2n) is 7.83. The normalized spacial score (nSPS) is 13.7. The van der Waals surface area contributed by atoms with Gasteiger partial charge in [0.1, 0.15) is 11.4 Å². The molecule has 0 atom stereocenters. The van der Waals surface area contributed by atoms with Gasteiger partial charge in [-0.3, -0.25) is 4.81 Å². The second-order valence-corrected chi connectivity index (χ2v) is 7.83. The molecule has 3 aromatic carbocycles. The Hall–Kier alpha value is -3.53. The van der Waals surface area contributed by atoms with Gasteiger partial charge in [-0.1, -0.05) is 60.7 Å². The Bertz CT molecular complexity index is 1270. The molecule has 0 spiro atoms. The van der Waals surface area contributed by atoms with E-state index in [2.05, 4.69) is 119 Å². The van der Waals surface area contributed by atoms with Crippen molar-refractivity contribution in [2.45, 2.75) is 6.92 Å². The highest BCUT2D eigenvalue weighted by Crippen LogP contribution is 2.49. The maximum Gasteiger partial charge on any atom is 0.543 e. The molecule has 138 valence electrons. The number of para-hydroxylation sites is 2. The maximum atomic E-state index is 2.50. The molecule has 3 nitrogen and oxygen atoms in total. The Labute approximate surface area is 171 Å². The predicted octanol–water partition coefficient (Wildman–Crippen LogP) is 4.49. The highest BCUT2D eigenvalue weighted by Gasteiger charge is 2.55. The molecule has 6 rings (SSSR count). The van der Waals surface area contributed by atoms with E-state index in [1.54, 1.807) is 0 Å². The van der Waals surface area contributed by atoms with Crippen LogP contribution in [0.15, 0.2) is 91.1 Å². The summed E-state index contributed by atoms with van der Waals surface area (Å²) >= 11 is 0. The summed E-state index contributed by atoms with van der Waals surface area (Å²) in [5.41, 5.74) is 8.98.